The molecular formula is C23H22BrN3O2. The summed E-state index contributed by atoms with van der Waals surface area (Å²) >= 11 is 3.42. The molecule has 0 heterocycles. The second-order valence-corrected chi connectivity index (χ2v) is 7.38. The number of nitrogens with one attached hydrogen (secondary N) is 2. The van der Waals surface area contributed by atoms with Crippen LogP contribution in [0.4, 0.5) is 5.69 Å². The molecule has 0 atom stereocenters. The number of hydrogen-bond acceptors (Lipinski definition) is 4. The first-order chi connectivity index (χ1) is 14.1. The Labute approximate surface area is 178 Å². The molecule has 3 aromatic carbocycles. The van der Waals surface area contributed by atoms with Crippen LogP contribution < -0.4 is 15.5 Å². The van der Waals surface area contributed by atoms with Crippen LogP contribution in [0.25, 0.3) is 0 Å². The average molecular weight is 452 g/mol. The highest BCUT2D eigenvalue weighted by Crippen LogP contribution is 2.18. The van der Waals surface area contributed by atoms with E-state index in [0.717, 1.165) is 21.3 Å². The quantitative estimate of drug-likeness (QED) is 0.378. The number of para-hydroxylation sites is 1. The van der Waals surface area contributed by atoms with E-state index in [4.69, 9.17) is 4.74 Å². The van der Waals surface area contributed by atoms with Crippen LogP contribution in [0.15, 0.2) is 82.4 Å². The molecule has 0 aliphatic heterocycles. The summed E-state index contributed by atoms with van der Waals surface area (Å²) in [5, 5.41) is 7.10. The molecule has 2 N–H and O–H groups in total. The zero-order chi connectivity index (χ0) is 20.5. The van der Waals surface area contributed by atoms with Crippen molar-refractivity contribution in [1.82, 2.24) is 5.43 Å². The Bertz CT molecular complexity index is 970. The number of hydrazone groups is 1. The predicted octanol–water partition coefficient (Wildman–Crippen LogP) is 4.90. The maximum absolute atomic E-state index is 12.0. The van der Waals surface area contributed by atoms with Gasteiger partial charge in [0.2, 0.25) is 0 Å². The summed E-state index contributed by atoms with van der Waals surface area (Å²) in [7, 11) is 0. The lowest BCUT2D eigenvalue weighted by Gasteiger charge is -2.09. The van der Waals surface area contributed by atoms with E-state index in [-0.39, 0.29) is 12.5 Å². The van der Waals surface area contributed by atoms with E-state index in [1.54, 1.807) is 6.21 Å². The third-order valence-corrected chi connectivity index (χ3v) is 4.65. The van der Waals surface area contributed by atoms with Gasteiger partial charge in [-0.25, -0.2) is 5.43 Å². The van der Waals surface area contributed by atoms with Gasteiger partial charge in [0.1, 0.15) is 12.4 Å². The van der Waals surface area contributed by atoms with E-state index < -0.39 is 0 Å². The minimum atomic E-state index is -0.227. The van der Waals surface area contributed by atoms with Gasteiger partial charge in [0.05, 0.1) is 12.8 Å². The van der Waals surface area contributed by atoms with Crippen LogP contribution in [0.2, 0.25) is 0 Å². The van der Waals surface area contributed by atoms with Gasteiger partial charge < -0.3 is 10.1 Å². The lowest BCUT2D eigenvalue weighted by molar-refractivity contribution is -0.119. The molecule has 148 valence electrons. The molecule has 0 unspecified atom stereocenters. The first-order valence-electron chi connectivity index (χ1n) is 9.19. The van der Waals surface area contributed by atoms with Crippen LogP contribution in [0.1, 0.15) is 16.7 Å². The third-order valence-electron chi connectivity index (χ3n) is 4.12. The molecule has 0 aromatic heterocycles. The number of carbonyl (C=O) groups excluding carboxylic acids is 1. The number of nitrogens with zero attached hydrogens (tertiary/aromatic N) is 1. The number of carbonyl (C=O) groups is 1. The molecule has 3 rings (SSSR count). The summed E-state index contributed by atoms with van der Waals surface area (Å²) in [4.78, 5) is 12.0. The van der Waals surface area contributed by atoms with E-state index in [1.807, 2.05) is 79.7 Å². The van der Waals surface area contributed by atoms with Crippen LogP contribution >= 0.6 is 15.9 Å². The van der Waals surface area contributed by atoms with E-state index in [0.29, 0.717) is 12.4 Å². The van der Waals surface area contributed by atoms with Crippen molar-refractivity contribution in [2.75, 3.05) is 11.9 Å². The molecule has 0 aliphatic rings. The summed E-state index contributed by atoms with van der Waals surface area (Å²) in [6.07, 6.45) is 1.58. The van der Waals surface area contributed by atoms with Crippen LogP contribution in [0, 0.1) is 6.92 Å². The second-order valence-electron chi connectivity index (χ2n) is 6.47. The fourth-order valence-corrected chi connectivity index (χ4v) is 2.79. The topological polar surface area (TPSA) is 62.7 Å². The van der Waals surface area contributed by atoms with Crippen molar-refractivity contribution in [3.8, 4) is 5.75 Å². The molecular weight excluding hydrogens is 430 g/mol. The van der Waals surface area contributed by atoms with Crippen LogP contribution in [0.5, 0.6) is 5.75 Å². The molecule has 3 aromatic rings. The normalized spacial score (nSPS) is 10.7. The van der Waals surface area contributed by atoms with Gasteiger partial charge in [-0.1, -0.05) is 57.9 Å². The molecule has 0 fully saturated rings. The van der Waals surface area contributed by atoms with Gasteiger partial charge in [-0.05, 0) is 48.9 Å². The van der Waals surface area contributed by atoms with Crippen molar-refractivity contribution < 1.29 is 9.53 Å². The molecule has 0 saturated carbocycles. The Morgan fingerprint density at radius 2 is 1.76 bits per heavy atom. The number of benzene rings is 3. The van der Waals surface area contributed by atoms with E-state index in [2.05, 4.69) is 31.8 Å². The van der Waals surface area contributed by atoms with Gasteiger partial charge in [-0.15, -0.1) is 0 Å². The maximum atomic E-state index is 12.0. The fourth-order valence-electron chi connectivity index (χ4n) is 2.53. The molecule has 0 radical (unpaired) electrons. The number of ether oxygens (including phenoxy) is 1. The van der Waals surface area contributed by atoms with Gasteiger partial charge in [-0.3, -0.25) is 4.79 Å². The molecule has 0 aliphatic carbocycles. The number of halogens is 1. The first kappa shape index (κ1) is 20.6. The van der Waals surface area contributed by atoms with Crippen LogP contribution in [-0.4, -0.2) is 18.7 Å². The minimum absolute atomic E-state index is 0.141. The molecule has 0 saturated heterocycles. The van der Waals surface area contributed by atoms with E-state index >= 15 is 0 Å². The summed E-state index contributed by atoms with van der Waals surface area (Å²) in [5.41, 5.74) is 6.44. The SMILES string of the molecule is Cc1ccc(NCC(=O)N/N=C\c2ccccc2OCc2ccc(Br)cc2)cc1. The van der Waals surface area contributed by atoms with Crippen molar-refractivity contribution in [3.05, 3.63) is 94.0 Å². The lowest BCUT2D eigenvalue weighted by Crippen LogP contribution is -2.25. The highest BCUT2D eigenvalue weighted by Gasteiger charge is 2.03. The number of anilines is 1. The average Bonchev–Trinajstić information content (AvgIpc) is 2.74. The molecule has 6 heteroatoms. The van der Waals surface area contributed by atoms with Crippen molar-refractivity contribution in [2.45, 2.75) is 13.5 Å². The maximum Gasteiger partial charge on any atom is 0.259 e. The minimum Gasteiger partial charge on any atom is -0.488 e. The first-order valence-corrected chi connectivity index (χ1v) is 9.98. The monoisotopic (exact) mass is 451 g/mol. The molecule has 29 heavy (non-hydrogen) atoms. The number of hydrogen-bond donors (Lipinski definition) is 2. The van der Waals surface area contributed by atoms with Crippen molar-refractivity contribution in [2.24, 2.45) is 5.10 Å². The van der Waals surface area contributed by atoms with Crippen molar-refractivity contribution >= 4 is 33.7 Å². The van der Waals surface area contributed by atoms with Gasteiger partial charge in [0.25, 0.3) is 5.91 Å². The van der Waals surface area contributed by atoms with Crippen LogP contribution in [0.3, 0.4) is 0 Å². The van der Waals surface area contributed by atoms with Gasteiger partial charge in [-0.2, -0.15) is 5.10 Å². The molecule has 5 nitrogen and oxygen atoms in total. The van der Waals surface area contributed by atoms with Crippen molar-refractivity contribution in [3.63, 3.8) is 0 Å². The van der Waals surface area contributed by atoms with E-state index in [1.165, 1.54) is 5.56 Å². The number of aryl methyl sites for hydroxylation is 1. The highest BCUT2D eigenvalue weighted by atomic mass is 79.9. The predicted molar refractivity (Wildman–Crippen MR) is 120 cm³/mol. The summed E-state index contributed by atoms with van der Waals surface area (Å²) in [6.45, 7) is 2.61. The zero-order valence-corrected chi connectivity index (χ0v) is 17.6. The zero-order valence-electron chi connectivity index (χ0n) is 16.1. The summed E-state index contributed by atoms with van der Waals surface area (Å²) < 4.78 is 6.93. The van der Waals surface area contributed by atoms with Crippen molar-refractivity contribution in [1.29, 1.82) is 0 Å². The standard InChI is InChI=1S/C23H22BrN3O2/c1-17-6-12-21(13-7-17)25-15-23(28)27-26-14-19-4-2-3-5-22(19)29-16-18-8-10-20(24)11-9-18/h2-14,25H,15-16H2,1H3,(H,27,28)/b26-14-. The lowest BCUT2D eigenvalue weighted by atomic mass is 10.2. The van der Waals surface area contributed by atoms with E-state index in [9.17, 15) is 4.79 Å². The third kappa shape index (κ3) is 6.76. The molecule has 1 amide bonds. The number of amides is 1. The van der Waals surface area contributed by atoms with Gasteiger partial charge in [0.15, 0.2) is 0 Å². The second kappa shape index (κ2) is 10.4. The Morgan fingerprint density at radius 3 is 2.52 bits per heavy atom. The number of rotatable bonds is 8. The van der Waals surface area contributed by atoms with Gasteiger partial charge in [0, 0.05) is 15.7 Å². The summed E-state index contributed by atoms with van der Waals surface area (Å²) in [6, 6.07) is 23.4. The Hall–Kier alpha value is -3.12. The Kier molecular flexibility index (Phi) is 7.41. The highest BCUT2D eigenvalue weighted by molar-refractivity contribution is 9.10. The smallest absolute Gasteiger partial charge is 0.259 e. The Balaban J connectivity index is 1.51. The fraction of sp³-hybridized carbons (Fsp3) is 0.130. The molecule has 0 spiro atoms. The molecule has 0 bridgehead atoms. The van der Waals surface area contributed by atoms with Gasteiger partial charge >= 0.3 is 0 Å². The van der Waals surface area contributed by atoms with Crippen LogP contribution in [-0.2, 0) is 11.4 Å². The summed E-state index contributed by atoms with van der Waals surface area (Å²) in [5.74, 6) is 0.473. The largest absolute Gasteiger partial charge is 0.488 e. The Morgan fingerprint density at radius 1 is 1.03 bits per heavy atom.